The quantitative estimate of drug-likeness (QED) is 0.357. The summed E-state index contributed by atoms with van der Waals surface area (Å²) in [6.45, 7) is 4.57. The molecule has 0 spiro atoms. The van der Waals surface area contributed by atoms with Crippen molar-refractivity contribution >= 4 is 11.5 Å². The van der Waals surface area contributed by atoms with Crippen molar-refractivity contribution in [2.24, 2.45) is 7.05 Å². The van der Waals surface area contributed by atoms with Crippen molar-refractivity contribution in [3.63, 3.8) is 0 Å². The molecule has 0 saturated carbocycles. The topological polar surface area (TPSA) is 90.8 Å². The minimum Gasteiger partial charge on any atom is -0.486 e. The summed E-state index contributed by atoms with van der Waals surface area (Å²) in [4.78, 5) is 4.31. The van der Waals surface area contributed by atoms with E-state index >= 15 is 0 Å². The van der Waals surface area contributed by atoms with Crippen LogP contribution >= 0.6 is 0 Å². The molecule has 0 fully saturated rings. The predicted octanol–water partition coefficient (Wildman–Crippen LogP) is 2.81. The van der Waals surface area contributed by atoms with Gasteiger partial charge >= 0.3 is 0 Å². The fourth-order valence-corrected chi connectivity index (χ4v) is 2.86. The van der Waals surface area contributed by atoms with Crippen molar-refractivity contribution in [2.45, 2.75) is 13.8 Å². The smallest absolute Gasteiger partial charge is 0.186 e. The van der Waals surface area contributed by atoms with E-state index in [1.165, 1.54) is 4.68 Å². The molecule has 0 amide bonds. The van der Waals surface area contributed by atoms with Crippen molar-refractivity contribution in [1.82, 2.24) is 24.5 Å². The van der Waals surface area contributed by atoms with Crippen molar-refractivity contribution in [1.29, 1.82) is 5.26 Å². The first-order valence-electron chi connectivity index (χ1n) is 8.81. The van der Waals surface area contributed by atoms with Crippen LogP contribution in [0.4, 0.5) is 0 Å². The molecule has 3 rings (SSSR count). The van der Waals surface area contributed by atoms with Gasteiger partial charge in [-0.2, -0.15) is 15.5 Å². The first-order chi connectivity index (χ1) is 13.6. The number of allylic oxidation sites excluding steroid dienone is 1. The Bertz CT molecular complexity index is 1030. The monoisotopic (exact) mass is 378 g/mol. The molecule has 0 radical (unpaired) electrons. The molecule has 0 atom stereocenters. The Morgan fingerprint density at radius 3 is 2.57 bits per heavy atom. The summed E-state index contributed by atoms with van der Waals surface area (Å²) in [5.41, 5.74) is 4.22. The highest BCUT2D eigenvalue weighted by atomic mass is 16.5. The van der Waals surface area contributed by atoms with Crippen LogP contribution in [0.2, 0.25) is 0 Å². The molecule has 0 aliphatic heterocycles. The average Bonchev–Trinajstić information content (AvgIpc) is 3.27. The third kappa shape index (κ3) is 3.80. The van der Waals surface area contributed by atoms with Crippen LogP contribution in [0.3, 0.4) is 0 Å². The number of ether oxygens (including phenoxy) is 2. The normalized spacial score (nSPS) is 11.8. The number of aromatic nitrogens is 5. The molecule has 3 aromatic rings. The zero-order valence-corrected chi connectivity index (χ0v) is 16.4. The molecule has 8 heteroatoms. The fourth-order valence-electron chi connectivity index (χ4n) is 2.86. The van der Waals surface area contributed by atoms with Crippen LogP contribution in [0, 0.1) is 25.2 Å². The molecule has 8 nitrogen and oxygen atoms in total. The van der Waals surface area contributed by atoms with Crippen molar-refractivity contribution < 1.29 is 9.47 Å². The first kappa shape index (κ1) is 19.3. The molecule has 0 aromatic carbocycles. The Labute approximate surface area is 163 Å². The molecule has 0 N–H and O–H groups in total. The summed E-state index contributed by atoms with van der Waals surface area (Å²) in [6, 6.07) is 9.64. The van der Waals surface area contributed by atoms with E-state index in [1.807, 2.05) is 45.2 Å². The number of pyridine rings is 1. The summed E-state index contributed by atoms with van der Waals surface area (Å²) in [5, 5.41) is 18.9. The second-order valence-corrected chi connectivity index (χ2v) is 6.17. The van der Waals surface area contributed by atoms with E-state index in [9.17, 15) is 5.26 Å². The Morgan fingerprint density at radius 1 is 1.14 bits per heavy atom. The number of hydrogen-bond acceptors (Lipinski definition) is 6. The molecule has 0 saturated heterocycles. The van der Waals surface area contributed by atoms with Gasteiger partial charge in [0.2, 0.25) is 0 Å². The Balaban J connectivity index is 2.11. The van der Waals surface area contributed by atoms with E-state index < -0.39 is 0 Å². The maximum absolute atomic E-state index is 9.91. The number of nitriles is 1. The van der Waals surface area contributed by atoms with Gasteiger partial charge in [0.1, 0.15) is 24.1 Å². The predicted molar refractivity (Wildman–Crippen MR) is 105 cm³/mol. The number of hydrogen-bond donors (Lipinski definition) is 0. The van der Waals surface area contributed by atoms with Gasteiger partial charge in [-0.05, 0) is 32.0 Å². The van der Waals surface area contributed by atoms with Crippen molar-refractivity contribution in [3.05, 3.63) is 53.6 Å². The van der Waals surface area contributed by atoms with Gasteiger partial charge in [-0.15, -0.1) is 0 Å². The van der Waals surface area contributed by atoms with E-state index in [-0.39, 0.29) is 5.70 Å². The van der Waals surface area contributed by atoms with Crippen molar-refractivity contribution in [3.8, 4) is 17.5 Å². The summed E-state index contributed by atoms with van der Waals surface area (Å²) in [7, 11) is 3.43. The van der Waals surface area contributed by atoms with Gasteiger partial charge in [0.05, 0.1) is 18.0 Å². The lowest BCUT2D eigenvalue weighted by Crippen LogP contribution is -2.10. The molecular weight excluding hydrogens is 356 g/mol. The first-order valence-corrected chi connectivity index (χ1v) is 8.81. The van der Waals surface area contributed by atoms with Gasteiger partial charge in [-0.3, -0.25) is 9.67 Å². The second-order valence-electron chi connectivity index (χ2n) is 6.17. The molecule has 0 aliphatic carbocycles. The lowest BCUT2D eigenvalue weighted by Gasteiger charge is -2.14. The third-order valence-electron chi connectivity index (χ3n) is 4.34. The van der Waals surface area contributed by atoms with E-state index in [2.05, 4.69) is 21.3 Å². The maximum Gasteiger partial charge on any atom is 0.186 e. The number of rotatable bonds is 7. The van der Waals surface area contributed by atoms with Crippen LogP contribution in [0.25, 0.3) is 22.8 Å². The second kappa shape index (κ2) is 8.50. The highest BCUT2D eigenvalue weighted by Crippen LogP contribution is 2.27. The molecular formula is C20H22N6O2. The fraction of sp³-hybridized carbons (Fsp3) is 0.300. The minimum atomic E-state index is 0.268. The Hall–Kier alpha value is -3.44. The van der Waals surface area contributed by atoms with E-state index in [4.69, 9.17) is 9.47 Å². The van der Waals surface area contributed by atoms with Crippen LogP contribution in [0.1, 0.15) is 17.0 Å². The lowest BCUT2D eigenvalue weighted by atomic mass is 10.1. The average molecular weight is 378 g/mol. The van der Waals surface area contributed by atoms with Gasteiger partial charge in [0.25, 0.3) is 0 Å². The van der Waals surface area contributed by atoms with Gasteiger partial charge in [-0.25, -0.2) is 4.68 Å². The molecule has 144 valence electrons. The zero-order valence-electron chi connectivity index (χ0n) is 16.4. The van der Waals surface area contributed by atoms with Crippen LogP contribution in [-0.4, -0.2) is 44.9 Å². The third-order valence-corrected chi connectivity index (χ3v) is 4.34. The number of methoxy groups -OCH3 is 1. The zero-order chi connectivity index (χ0) is 20.1. The number of aryl methyl sites for hydroxylation is 2. The van der Waals surface area contributed by atoms with Crippen LogP contribution in [0.15, 0.2) is 36.7 Å². The molecule has 28 heavy (non-hydrogen) atoms. The number of nitrogens with zero attached hydrogens (tertiary/aromatic N) is 6. The Kier molecular flexibility index (Phi) is 5.87. The Morgan fingerprint density at radius 2 is 1.96 bits per heavy atom. The summed E-state index contributed by atoms with van der Waals surface area (Å²) in [5.74, 6) is 0.413. The highest BCUT2D eigenvalue weighted by Gasteiger charge is 2.22. The van der Waals surface area contributed by atoms with Crippen molar-refractivity contribution in [2.75, 3.05) is 20.3 Å². The minimum absolute atomic E-state index is 0.268. The van der Waals surface area contributed by atoms with Crippen LogP contribution in [-0.2, 0) is 16.5 Å². The van der Waals surface area contributed by atoms with Gasteiger partial charge in [0.15, 0.2) is 11.5 Å². The molecule has 0 unspecified atom stereocenters. The summed E-state index contributed by atoms with van der Waals surface area (Å²) < 4.78 is 14.3. The van der Waals surface area contributed by atoms with E-state index in [0.29, 0.717) is 24.7 Å². The van der Waals surface area contributed by atoms with Crippen LogP contribution < -0.4 is 0 Å². The standard InChI is InChI=1S/C20H22N6O2/c1-14-15(2)23-25(3)19(14)20(28-12-11-27-4)18(13-21)26-10-8-17(24-26)16-7-5-6-9-22-16/h5-10H,11-12H2,1-4H3. The maximum atomic E-state index is 9.91. The van der Waals surface area contributed by atoms with Crippen LogP contribution in [0.5, 0.6) is 0 Å². The lowest BCUT2D eigenvalue weighted by molar-refractivity contribution is 0.132. The summed E-state index contributed by atoms with van der Waals surface area (Å²) in [6.07, 6.45) is 3.43. The molecule has 3 aromatic heterocycles. The molecule has 0 aliphatic rings. The largest absolute Gasteiger partial charge is 0.486 e. The molecule has 0 bridgehead atoms. The molecule has 3 heterocycles. The highest BCUT2D eigenvalue weighted by molar-refractivity contribution is 5.85. The van der Waals surface area contributed by atoms with Gasteiger partial charge in [0, 0.05) is 32.1 Å². The van der Waals surface area contributed by atoms with Gasteiger partial charge in [-0.1, -0.05) is 6.07 Å². The van der Waals surface area contributed by atoms with E-state index in [1.54, 1.807) is 24.2 Å². The van der Waals surface area contributed by atoms with Gasteiger partial charge < -0.3 is 9.47 Å². The van der Waals surface area contributed by atoms with E-state index in [0.717, 1.165) is 22.6 Å². The summed E-state index contributed by atoms with van der Waals surface area (Å²) >= 11 is 0. The SMILES string of the molecule is COCCOC(=C(C#N)n1ccc(-c2ccccn2)n1)c1c(C)c(C)nn1C.